The molecular formula is C22H22N2O4S. The Kier molecular flexibility index (Phi) is 5.70. The van der Waals surface area contributed by atoms with E-state index in [0.717, 1.165) is 17.4 Å². The summed E-state index contributed by atoms with van der Waals surface area (Å²) >= 11 is 0. The van der Waals surface area contributed by atoms with E-state index in [1.807, 2.05) is 37.3 Å². The maximum absolute atomic E-state index is 11.7. The fourth-order valence-electron chi connectivity index (χ4n) is 3.12. The van der Waals surface area contributed by atoms with E-state index < -0.39 is 15.8 Å². The van der Waals surface area contributed by atoms with E-state index in [1.165, 1.54) is 12.1 Å². The molecule has 1 heterocycles. The van der Waals surface area contributed by atoms with Gasteiger partial charge in [0, 0.05) is 24.4 Å². The third-order valence-electron chi connectivity index (χ3n) is 4.57. The first-order chi connectivity index (χ1) is 13.6. The summed E-state index contributed by atoms with van der Waals surface area (Å²) in [7, 11) is -1.56. The molecule has 0 aliphatic carbocycles. The maximum Gasteiger partial charge on any atom is 0.307 e. The van der Waals surface area contributed by atoms with Gasteiger partial charge in [-0.25, -0.2) is 8.42 Å². The quantitative estimate of drug-likeness (QED) is 0.671. The van der Waals surface area contributed by atoms with E-state index in [4.69, 9.17) is 0 Å². The molecule has 0 radical (unpaired) electrons. The molecule has 0 atom stereocenters. The van der Waals surface area contributed by atoms with Crippen molar-refractivity contribution in [3.63, 3.8) is 0 Å². The number of aromatic nitrogens is 2. The zero-order valence-electron chi connectivity index (χ0n) is 16.5. The number of aliphatic carboxylic acids is 1. The first-order valence-corrected chi connectivity index (χ1v) is 10.9. The van der Waals surface area contributed by atoms with E-state index in [0.29, 0.717) is 22.5 Å². The molecule has 0 saturated carbocycles. The molecule has 6 nitrogen and oxygen atoms in total. The molecule has 0 bridgehead atoms. The van der Waals surface area contributed by atoms with E-state index in [-0.39, 0.29) is 11.3 Å². The Balaban J connectivity index is 2.05. The molecule has 0 aliphatic heterocycles. The first kappa shape index (κ1) is 20.5. The topological polar surface area (TPSA) is 89.3 Å². The van der Waals surface area contributed by atoms with Gasteiger partial charge in [-0.1, -0.05) is 48.0 Å². The average molecular weight is 410 g/mol. The number of carboxylic acids is 1. The van der Waals surface area contributed by atoms with E-state index in [1.54, 1.807) is 29.9 Å². The Morgan fingerprint density at radius 3 is 2.24 bits per heavy atom. The van der Waals surface area contributed by atoms with Gasteiger partial charge in [0.2, 0.25) is 0 Å². The monoisotopic (exact) mass is 410 g/mol. The number of hydrogen-bond donors (Lipinski definition) is 1. The van der Waals surface area contributed by atoms with Crippen LogP contribution in [0.4, 0.5) is 0 Å². The zero-order chi connectivity index (χ0) is 21.2. The molecule has 150 valence electrons. The largest absolute Gasteiger partial charge is 0.481 e. The van der Waals surface area contributed by atoms with Crippen molar-refractivity contribution < 1.29 is 18.3 Å². The number of aryl methyl sites for hydroxylation is 2. The van der Waals surface area contributed by atoms with E-state index >= 15 is 0 Å². The van der Waals surface area contributed by atoms with Gasteiger partial charge in [0.15, 0.2) is 9.84 Å². The molecule has 0 fully saturated rings. The number of hydrogen-bond acceptors (Lipinski definition) is 4. The SMILES string of the molecule is Cc1ccc(/C=C\c2nn(C)c(-c3ccc(S(C)(=O)=O)cc3)c2CC(=O)O)cc1. The van der Waals surface area contributed by atoms with Crippen molar-refractivity contribution in [1.29, 1.82) is 0 Å². The fraction of sp³-hybridized carbons (Fsp3) is 0.182. The van der Waals surface area contributed by atoms with Gasteiger partial charge >= 0.3 is 5.97 Å². The summed E-state index contributed by atoms with van der Waals surface area (Å²) in [5.74, 6) is -0.961. The van der Waals surface area contributed by atoms with Crippen molar-refractivity contribution in [2.45, 2.75) is 18.2 Å². The predicted molar refractivity (Wildman–Crippen MR) is 113 cm³/mol. The van der Waals surface area contributed by atoms with Gasteiger partial charge in [-0.15, -0.1) is 0 Å². The lowest BCUT2D eigenvalue weighted by Crippen LogP contribution is -2.03. The lowest BCUT2D eigenvalue weighted by Gasteiger charge is -2.07. The maximum atomic E-state index is 11.7. The van der Waals surface area contributed by atoms with Crippen molar-refractivity contribution >= 4 is 28.0 Å². The average Bonchev–Trinajstić information content (AvgIpc) is 2.95. The lowest BCUT2D eigenvalue weighted by atomic mass is 10.0. The summed E-state index contributed by atoms with van der Waals surface area (Å²) in [5, 5.41) is 13.9. The predicted octanol–water partition coefficient (Wildman–Crippen LogP) is 3.60. The molecule has 2 aromatic carbocycles. The van der Waals surface area contributed by atoms with Gasteiger partial charge in [-0.2, -0.15) is 5.10 Å². The molecule has 29 heavy (non-hydrogen) atoms. The molecular weight excluding hydrogens is 388 g/mol. The molecule has 0 saturated heterocycles. The van der Waals surface area contributed by atoms with Gasteiger partial charge < -0.3 is 5.11 Å². The summed E-state index contributed by atoms with van der Waals surface area (Å²) in [6, 6.07) is 14.4. The van der Waals surface area contributed by atoms with Crippen LogP contribution in [-0.2, 0) is 28.1 Å². The molecule has 1 N–H and O–H groups in total. The molecule has 0 spiro atoms. The van der Waals surface area contributed by atoms with Gasteiger partial charge in [-0.3, -0.25) is 9.48 Å². The highest BCUT2D eigenvalue weighted by molar-refractivity contribution is 7.90. The van der Waals surface area contributed by atoms with Crippen LogP contribution in [0.5, 0.6) is 0 Å². The van der Waals surface area contributed by atoms with Crippen molar-refractivity contribution in [2.24, 2.45) is 7.05 Å². The molecule has 3 aromatic rings. The van der Waals surface area contributed by atoms with Gasteiger partial charge in [-0.05, 0) is 30.7 Å². The van der Waals surface area contributed by atoms with E-state index in [9.17, 15) is 18.3 Å². The van der Waals surface area contributed by atoms with Crippen LogP contribution in [0.2, 0.25) is 0 Å². The minimum absolute atomic E-state index is 0.190. The van der Waals surface area contributed by atoms with Gasteiger partial charge in [0.25, 0.3) is 0 Å². The van der Waals surface area contributed by atoms with Crippen LogP contribution < -0.4 is 0 Å². The van der Waals surface area contributed by atoms with Crippen LogP contribution >= 0.6 is 0 Å². The van der Waals surface area contributed by atoms with Crippen LogP contribution in [-0.4, -0.2) is 35.5 Å². The van der Waals surface area contributed by atoms with Crippen molar-refractivity contribution in [1.82, 2.24) is 9.78 Å². The molecule has 1 aromatic heterocycles. The second kappa shape index (κ2) is 8.05. The second-order valence-electron chi connectivity index (χ2n) is 6.95. The summed E-state index contributed by atoms with van der Waals surface area (Å²) in [5.41, 5.74) is 4.65. The molecule has 0 unspecified atom stereocenters. The van der Waals surface area contributed by atoms with Crippen LogP contribution in [0.3, 0.4) is 0 Å². The smallest absolute Gasteiger partial charge is 0.307 e. The molecule has 3 rings (SSSR count). The highest BCUT2D eigenvalue weighted by Crippen LogP contribution is 2.29. The fourth-order valence-corrected chi connectivity index (χ4v) is 3.75. The Morgan fingerprint density at radius 1 is 1.07 bits per heavy atom. The number of nitrogens with zero attached hydrogens (tertiary/aromatic N) is 2. The molecule has 0 amide bonds. The van der Waals surface area contributed by atoms with Crippen LogP contribution in [0, 0.1) is 6.92 Å². The second-order valence-corrected chi connectivity index (χ2v) is 8.96. The zero-order valence-corrected chi connectivity index (χ0v) is 17.3. The number of sulfone groups is 1. The summed E-state index contributed by atoms with van der Waals surface area (Å²) < 4.78 is 25.0. The van der Waals surface area contributed by atoms with Gasteiger partial charge in [0.05, 0.1) is 22.7 Å². The minimum Gasteiger partial charge on any atom is -0.481 e. The van der Waals surface area contributed by atoms with Crippen molar-refractivity contribution in [3.05, 3.63) is 70.9 Å². The van der Waals surface area contributed by atoms with Crippen LogP contribution in [0.25, 0.3) is 23.4 Å². The highest BCUT2D eigenvalue weighted by atomic mass is 32.2. The van der Waals surface area contributed by atoms with Crippen LogP contribution in [0.15, 0.2) is 53.4 Å². The Labute approximate surface area is 170 Å². The minimum atomic E-state index is -3.31. The Morgan fingerprint density at radius 2 is 1.69 bits per heavy atom. The first-order valence-electron chi connectivity index (χ1n) is 8.98. The number of rotatable bonds is 6. The summed E-state index contributed by atoms with van der Waals surface area (Å²) in [4.78, 5) is 11.7. The standard InChI is InChI=1S/C22H22N2O4S/c1-15-4-6-16(7-5-15)8-13-20-19(14-21(25)26)22(24(2)23-20)17-9-11-18(12-10-17)29(3,27)28/h4-13H,14H2,1-3H3,(H,25,26)/b13-8-. The number of benzene rings is 2. The van der Waals surface area contributed by atoms with Crippen LogP contribution in [0.1, 0.15) is 22.4 Å². The summed E-state index contributed by atoms with van der Waals surface area (Å²) in [6.45, 7) is 2.01. The number of carboxylic acid groups (broad SMARTS) is 1. The molecule has 7 heteroatoms. The van der Waals surface area contributed by atoms with Crippen molar-refractivity contribution in [2.75, 3.05) is 6.26 Å². The van der Waals surface area contributed by atoms with Crippen molar-refractivity contribution in [3.8, 4) is 11.3 Å². The normalized spacial score (nSPS) is 11.8. The third-order valence-corrected chi connectivity index (χ3v) is 5.70. The third kappa shape index (κ3) is 4.81. The summed E-state index contributed by atoms with van der Waals surface area (Å²) in [6.07, 6.45) is 4.65. The Hall–Kier alpha value is -3.19. The Bertz CT molecular complexity index is 1170. The lowest BCUT2D eigenvalue weighted by molar-refractivity contribution is -0.136. The number of carbonyl (C=O) groups is 1. The van der Waals surface area contributed by atoms with E-state index in [2.05, 4.69) is 5.10 Å². The molecule has 0 aliphatic rings. The highest BCUT2D eigenvalue weighted by Gasteiger charge is 2.19. The van der Waals surface area contributed by atoms with Gasteiger partial charge in [0.1, 0.15) is 0 Å².